The van der Waals surface area contributed by atoms with Crippen molar-refractivity contribution < 1.29 is 15.2 Å². The normalized spacial score (nSPS) is 30.3. The number of aliphatic carboxylic acids is 1. The lowest BCUT2D eigenvalue weighted by molar-refractivity contribution is -0.712. The molecule has 0 amide bonds. The molecule has 3 atom stereocenters. The summed E-state index contributed by atoms with van der Waals surface area (Å²) in [6.45, 7) is 6.55. The monoisotopic (exact) mass is 201 g/mol. The molecule has 0 aromatic carbocycles. The third-order valence-electron chi connectivity index (χ3n) is 3.15. The fraction of sp³-hybridized carbons (Fsp3) is 0.900. The van der Waals surface area contributed by atoms with Crippen LogP contribution in [0.4, 0.5) is 0 Å². The molecule has 1 unspecified atom stereocenters. The summed E-state index contributed by atoms with van der Waals surface area (Å²) in [5, 5.41) is 10.9. The van der Waals surface area contributed by atoms with Crippen molar-refractivity contribution in [3.8, 4) is 0 Å². The smallest absolute Gasteiger partial charge is 0.326 e. The number of hydrogen-bond donors (Lipinski definition) is 3. The average molecular weight is 201 g/mol. The van der Waals surface area contributed by atoms with Crippen LogP contribution in [0.25, 0.3) is 0 Å². The van der Waals surface area contributed by atoms with Gasteiger partial charge in [0.1, 0.15) is 6.04 Å². The van der Waals surface area contributed by atoms with Gasteiger partial charge in [0.25, 0.3) is 0 Å². The van der Waals surface area contributed by atoms with Crippen LogP contribution in [0, 0.1) is 5.41 Å². The first kappa shape index (κ1) is 11.5. The molecule has 0 aliphatic carbocycles. The molecule has 4 heteroatoms. The summed E-state index contributed by atoms with van der Waals surface area (Å²) in [6, 6.07) is -0.169. The average Bonchev–Trinajstić information content (AvgIpc) is 2.49. The maximum absolute atomic E-state index is 10.7. The lowest BCUT2D eigenvalue weighted by atomic mass is 9.86. The van der Waals surface area contributed by atoms with Gasteiger partial charge in [-0.15, -0.1) is 0 Å². The van der Waals surface area contributed by atoms with Gasteiger partial charge < -0.3 is 16.2 Å². The van der Waals surface area contributed by atoms with Crippen molar-refractivity contribution >= 4 is 5.97 Å². The molecular weight excluding hydrogens is 180 g/mol. The van der Waals surface area contributed by atoms with Gasteiger partial charge in [-0.1, -0.05) is 20.8 Å². The molecule has 1 heterocycles. The minimum Gasteiger partial charge on any atom is -0.480 e. The lowest BCUT2D eigenvalue weighted by Gasteiger charge is -2.25. The maximum atomic E-state index is 10.7. The zero-order valence-corrected chi connectivity index (χ0v) is 9.16. The second-order valence-electron chi connectivity index (χ2n) is 5.27. The van der Waals surface area contributed by atoms with Gasteiger partial charge in [0.15, 0.2) is 6.04 Å². The van der Waals surface area contributed by atoms with E-state index < -0.39 is 12.0 Å². The van der Waals surface area contributed by atoms with Crippen molar-refractivity contribution in [1.29, 1.82) is 0 Å². The Balaban J connectivity index is 2.53. The number of quaternary nitrogens is 1. The van der Waals surface area contributed by atoms with Gasteiger partial charge in [-0.25, -0.2) is 0 Å². The van der Waals surface area contributed by atoms with E-state index in [1.165, 1.54) is 0 Å². The van der Waals surface area contributed by atoms with Crippen molar-refractivity contribution in [2.75, 3.05) is 0 Å². The van der Waals surface area contributed by atoms with Crippen LogP contribution in [0.2, 0.25) is 0 Å². The van der Waals surface area contributed by atoms with Crippen LogP contribution >= 0.6 is 0 Å². The number of carboxylic acids is 1. The van der Waals surface area contributed by atoms with Gasteiger partial charge in [0, 0.05) is 18.3 Å². The Bertz CT molecular complexity index is 223. The quantitative estimate of drug-likeness (QED) is 0.565. The Morgan fingerprint density at radius 2 is 2.07 bits per heavy atom. The van der Waals surface area contributed by atoms with Gasteiger partial charge in [-0.05, 0) is 0 Å². The van der Waals surface area contributed by atoms with Crippen LogP contribution in [-0.4, -0.2) is 29.2 Å². The summed E-state index contributed by atoms with van der Waals surface area (Å²) in [6.07, 6.45) is 1.98. The van der Waals surface area contributed by atoms with Gasteiger partial charge in [-0.2, -0.15) is 0 Å². The van der Waals surface area contributed by atoms with Gasteiger partial charge in [0.05, 0.1) is 6.04 Å². The first-order valence-corrected chi connectivity index (χ1v) is 5.15. The summed E-state index contributed by atoms with van der Waals surface area (Å²) < 4.78 is 0. The third-order valence-corrected chi connectivity index (χ3v) is 3.15. The molecule has 1 aliphatic rings. The third kappa shape index (κ3) is 2.45. The Hall–Kier alpha value is -0.610. The molecule has 1 fully saturated rings. The molecule has 5 N–H and O–H groups in total. The predicted octanol–water partition coefficient (Wildman–Crippen LogP) is -0.461. The molecule has 1 rings (SSSR count). The zero-order chi connectivity index (χ0) is 10.9. The molecule has 4 nitrogen and oxygen atoms in total. The first-order valence-electron chi connectivity index (χ1n) is 5.15. The maximum Gasteiger partial charge on any atom is 0.326 e. The molecule has 14 heavy (non-hydrogen) atoms. The summed E-state index contributed by atoms with van der Waals surface area (Å²) >= 11 is 0. The fourth-order valence-corrected chi connectivity index (χ4v) is 2.07. The van der Waals surface area contributed by atoms with Crippen LogP contribution in [-0.2, 0) is 4.79 Å². The van der Waals surface area contributed by atoms with Crippen LogP contribution in [0.1, 0.15) is 33.6 Å². The standard InChI is InChI=1S/C10H20N2O2/c1-10(2,3)7-5-4-6(12-7)8(11)9(13)14/h6-8,12H,4-5,11H2,1-3H3,(H,13,14)/p+1/t6?,7-,8-/m0/s1. The van der Waals surface area contributed by atoms with E-state index in [4.69, 9.17) is 10.8 Å². The predicted molar refractivity (Wildman–Crippen MR) is 53.8 cm³/mol. The topological polar surface area (TPSA) is 79.9 Å². The number of rotatable bonds is 2. The van der Waals surface area contributed by atoms with E-state index in [1.807, 2.05) is 0 Å². The summed E-state index contributed by atoms with van der Waals surface area (Å²) in [5.41, 5.74) is 5.83. The largest absolute Gasteiger partial charge is 0.480 e. The highest BCUT2D eigenvalue weighted by molar-refractivity contribution is 5.73. The molecule has 1 saturated heterocycles. The summed E-state index contributed by atoms with van der Waals surface area (Å²) in [5.74, 6) is -0.888. The van der Waals surface area contributed by atoms with Crippen molar-refractivity contribution in [3.05, 3.63) is 0 Å². The molecule has 0 aromatic rings. The van der Waals surface area contributed by atoms with E-state index in [-0.39, 0.29) is 11.5 Å². The highest BCUT2D eigenvalue weighted by atomic mass is 16.4. The van der Waals surface area contributed by atoms with E-state index in [1.54, 1.807) is 0 Å². The van der Waals surface area contributed by atoms with E-state index in [0.717, 1.165) is 12.8 Å². The lowest BCUT2D eigenvalue weighted by Crippen LogP contribution is -2.96. The van der Waals surface area contributed by atoms with Crippen LogP contribution < -0.4 is 11.1 Å². The molecule has 0 bridgehead atoms. The molecular formula is C10H21N2O2+. The van der Waals surface area contributed by atoms with Gasteiger partial charge in [-0.3, -0.25) is 4.79 Å². The Kier molecular flexibility index (Phi) is 3.17. The summed E-state index contributed by atoms with van der Waals surface area (Å²) in [7, 11) is 0. The molecule has 82 valence electrons. The first-order chi connectivity index (χ1) is 6.32. The Labute approximate surface area is 84.9 Å². The molecule has 1 aliphatic heterocycles. The second-order valence-corrected chi connectivity index (χ2v) is 5.27. The Morgan fingerprint density at radius 1 is 1.50 bits per heavy atom. The van der Waals surface area contributed by atoms with Gasteiger partial charge in [0.2, 0.25) is 0 Å². The van der Waals surface area contributed by atoms with Crippen molar-refractivity contribution in [2.24, 2.45) is 11.1 Å². The molecule has 0 radical (unpaired) electrons. The number of hydrogen-bond acceptors (Lipinski definition) is 2. The summed E-state index contributed by atoms with van der Waals surface area (Å²) in [4.78, 5) is 10.7. The Morgan fingerprint density at radius 3 is 2.43 bits per heavy atom. The molecule has 0 saturated carbocycles. The minimum atomic E-state index is -0.888. The van der Waals surface area contributed by atoms with Crippen molar-refractivity contribution in [1.82, 2.24) is 0 Å². The zero-order valence-electron chi connectivity index (χ0n) is 9.16. The fourth-order valence-electron chi connectivity index (χ4n) is 2.07. The van der Waals surface area contributed by atoms with E-state index in [2.05, 4.69) is 26.1 Å². The van der Waals surface area contributed by atoms with Gasteiger partial charge >= 0.3 is 5.97 Å². The highest BCUT2D eigenvalue weighted by Gasteiger charge is 2.40. The number of carboxylic acid groups (broad SMARTS) is 1. The number of nitrogens with two attached hydrogens (primary N) is 2. The van der Waals surface area contributed by atoms with Crippen LogP contribution in [0.5, 0.6) is 0 Å². The molecule has 0 spiro atoms. The van der Waals surface area contributed by atoms with E-state index in [0.29, 0.717) is 6.04 Å². The minimum absolute atomic E-state index is 0.0525. The number of carbonyl (C=O) groups is 1. The van der Waals surface area contributed by atoms with Crippen molar-refractivity contribution in [3.63, 3.8) is 0 Å². The second kappa shape index (κ2) is 3.87. The molecule has 0 aromatic heterocycles. The van der Waals surface area contributed by atoms with E-state index >= 15 is 0 Å². The highest BCUT2D eigenvalue weighted by Crippen LogP contribution is 2.24. The SMILES string of the molecule is CC(C)(C)[C@@H]1CCC([C@H](N)C(=O)O)[NH2+]1. The van der Waals surface area contributed by atoms with Crippen molar-refractivity contribution in [2.45, 2.75) is 51.7 Å². The van der Waals surface area contributed by atoms with E-state index in [9.17, 15) is 4.79 Å². The van der Waals surface area contributed by atoms with Crippen LogP contribution in [0.3, 0.4) is 0 Å². The van der Waals surface area contributed by atoms with Crippen LogP contribution in [0.15, 0.2) is 0 Å².